The van der Waals surface area contributed by atoms with Gasteiger partial charge in [-0.1, -0.05) is 88.7 Å². The van der Waals surface area contributed by atoms with Gasteiger partial charge in [-0.2, -0.15) is 5.26 Å². The SMILES string of the molecule is CCCCCCCCCCCCSC(=S)SC(C)(C#N)CCC(=O)OCCN1C(=O)C=CC1=O. The lowest BCUT2D eigenvalue weighted by Gasteiger charge is -2.20. The van der Waals surface area contributed by atoms with Crippen molar-refractivity contribution in [3.8, 4) is 6.07 Å². The fourth-order valence-corrected chi connectivity index (χ4v) is 6.38. The molecule has 0 fully saturated rings. The van der Waals surface area contributed by atoms with Crippen LogP contribution >= 0.6 is 35.7 Å². The number of thioether (sulfide) groups is 2. The second-order valence-electron chi connectivity index (χ2n) is 8.61. The van der Waals surface area contributed by atoms with E-state index in [-0.39, 0.29) is 19.6 Å². The van der Waals surface area contributed by atoms with Crippen molar-refractivity contribution in [1.29, 1.82) is 5.26 Å². The Morgan fingerprint density at radius 2 is 1.62 bits per heavy atom. The predicted molar refractivity (Wildman–Crippen MR) is 145 cm³/mol. The number of ether oxygens (including phenoxy) is 1. The molecule has 0 saturated carbocycles. The normalized spacial score (nSPS) is 14.8. The highest BCUT2D eigenvalue weighted by Crippen LogP contribution is 2.35. The summed E-state index contributed by atoms with van der Waals surface area (Å²) in [5.74, 6) is -0.316. The van der Waals surface area contributed by atoms with Crippen LogP contribution in [0.15, 0.2) is 12.2 Å². The van der Waals surface area contributed by atoms with Gasteiger partial charge < -0.3 is 4.74 Å². The zero-order valence-electron chi connectivity index (χ0n) is 20.5. The van der Waals surface area contributed by atoms with Gasteiger partial charge in [-0.25, -0.2) is 0 Å². The third-order valence-electron chi connectivity index (χ3n) is 5.55. The second-order valence-corrected chi connectivity index (χ2v) is 12.4. The molecular formula is C25H38N2O4S3. The standard InChI is InChI=1S/C25H38N2O4S3/c1-3-4-5-6-7-8-9-10-11-12-19-33-24(32)34-25(2,20-26)16-15-23(30)31-18-17-27-21(28)13-14-22(27)29/h13-14H,3-12,15-19H2,1-2H3. The molecule has 190 valence electrons. The third-order valence-corrected chi connectivity index (χ3v) is 8.40. The van der Waals surface area contributed by atoms with E-state index in [9.17, 15) is 19.6 Å². The monoisotopic (exact) mass is 526 g/mol. The number of thiocarbonyl (C=S) groups is 1. The van der Waals surface area contributed by atoms with Crippen molar-refractivity contribution >= 4 is 57.1 Å². The van der Waals surface area contributed by atoms with Crippen LogP contribution in [0.1, 0.15) is 90.9 Å². The number of rotatable bonds is 18. The van der Waals surface area contributed by atoms with Gasteiger partial charge in [0.05, 0.1) is 12.6 Å². The molecule has 9 heteroatoms. The molecule has 0 aromatic rings. The number of imide groups is 1. The largest absolute Gasteiger partial charge is 0.464 e. The maximum absolute atomic E-state index is 12.0. The molecule has 0 saturated heterocycles. The smallest absolute Gasteiger partial charge is 0.305 e. The average Bonchev–Trinajstić information content (AvgIpc) is 3.13. The Balaban J connectivity index is 2.12. The quantitative estimate of drug-likeness (QED) is 0.0904. The second kappa shape index (κ2) is 18.0. The number of unbranched alkanes of at least 4 members (excludes halogenated alkanes) is 9. The van der Waals surface area contributed by atoms with Crippen molar-refractivity contribution in [2.75, 3.05) is 18.9 Å². The van der Waals surface area contributed by atoms with Gasteiger partial charge in [-0.3, -0.25) is 19.3 Å². The van der Waals surface area contributed by atoms with E-state index in [1.54, 1.807) is 18.7 Å². The number of hydrogen-bond acceptors (Lipinski definition) is 8. The Morgan fingerprint density at radius 1 is 1.06 bits per heavy atom. The van der Waals surface area contributed by atoms with E-state index in [0.29, 0.717) is 6.42 Å². The Morgan fingerprint density at radius 3 is 2.18 bits per heavy atom. The molecule has 1 unspecified atom stereocenters. The number of nitriles is 1. The fraction of sp³-hybridized carbons (Fsp3) is 0.720. The van der Waals surface area contributed by atoms with Gasteiger partial charge in [0.1, 0.15) is 14.9 Å². The van der Waals surface area contributed by atoms with Crippen LogP contribution in [0.2, 0.25) is 0 Å². The van der Waals surface area contributed by atoms with Gasteiger partial charge in [0.15, 0.2) is 0 Å². The van der Waals surface area contributed by atoms with Crippen molar-refractivity contribution in [2.45, 2.75) is 95.6 Å². The summed E-state index contributed by atoms with van der Waals surface area (Å²) in [4.78, 5) is 36.0. The molecule has 1 aliphatic heterocycles. The molecule has 0 bridgehead atoms. The van der Waals surface area contributed by atoms with Crippen LogP contribution in [0.3, 0.4) is 0 Å². The molecule has 6 nitrogen and oxygen atoms in total. The first kappa shape index (κ1) is 30.7. The zero-order valence-corrected chi connectivity index (χ0v) is 23.0. The van der Waals surface area contributed by atoms with E-state index in [1.165, 1.54) is 81.7 Å². The van der Waals surface area contributed by atoms with Crippen LogP contribution in [-0.4, -0.2) is 49.9 Å². The van der Waals surface area contributed by atoms with Gasteiger partial charge in [0.25, 0.3) is 11.8 Å². The van der Waals surface area contributed by atoms with Crippen molar-refractivity contribution in [2.24, 2.45) is 0 Å². The fourth-order valence-electron chi connectivity index (χ4n) is 3.40. The molecular weight excluding hydrogens is 488 g/mol. The van der Waals surface area contributed by atoms with Crippen molar-refractivity contribution in [1.82, 2.24) is 4.90 Å². The van der Waals surface area contributed by atoms with E-state index in [4.69, 9.17) is 17.0 Å². The molecule has 0 radical (unpaired) electrons. The molecule has 1 aliphatic rings. The van der Waals surface area contributed by atoms with Crippen LogP contribution in [-0.2, 0) is 19.1 Å². The van der Waals surface area contributed by atoms with Gasteiger partial charge >= 0.3 is 5.97 Å². The average molecular weight is 527 g/mol. The molecule has 1 heterocycles. The highest BCUT2D eigenvalue weighted by Gasteiger charge is 2.28. The first-order valence-electron chi connectivity index (χ1n) is 12.3. The van der Waals surface area contributed by atoms with Crippen molar-refractivity contribution < 1.29 is 19.1 Å². The lowest BCUT2D eigenvalue weighted by atomic mass is 10.1. The van der Waals surface area contributed by atoms with Crippen LogP contribution in [0.5, 0.6) is 0 Å². The molecule has 2 amide bonds. The van der Waals surface area contributed by atoms with E-state index in [1.807, 2.05) is 0 Å². The minimum atomic E-state index is -0.800. The van der Waals surface area contributed by atoms with Crippen molar-refractivity contribution in [3.05, 3.63) is 12.2 Å². The molecule has 0 aliphatic carbocycles. The molecule has 34 heavy (non-hydrogen) atoms. The van der Waals surface area contributed by atoms with E-state index in [0.717, 1.165) is 20.6 Å². The molecule has 1 rings (SSSR count). The van der Waals surface area contributed by atoms with E-state index < -0.39 is 22.5 Å². The zero-order chi connectivity index (χ0) is 25.2. The lowest BCUT2D eigenvalue weighted by Crippen LogP contribution is -2.33. The minimum Gasteiger partial charge on any atom is -0.464 e. The number of carbonyl (C=O) groups excluding carboxylic acids is 3. The summed E-state index contributed by atoms with van der Waals surface area (Å²) in [6.45, 7) is 4.00. The van der Waals surface area contributed by atoms with Crippen LogP contribution in [0.4, 0.5) is 0 Å². The summed E-state index contributed by atoms with van der Waals surface area (Å²) < 4.78 is 5.05. The van der Waals surface area contributed by atoms with E-state index in [2.05, 4.69) is 13.0 Å². The summed E-state index contributed by atoms with van der Waals surface area (Å²) in [6.07, 6.45) is 15.7. The predicted octanol–water partition coefficient (Wildman–Crippen LogP) is 6.19. The minimum absolute atomic E-state index is 0.0281. The Labute approximate surface area is 218 Å². The number of carbonyl (C=O) groups is 3. The Kier molecular flexibility index (Phi) is 16.2. The summed E-state index contributed by atoms with van der Waals surface area (Å²) in [6, 6.07) is 2.27. The van der Waals surface area contributed by atoms with Gasteiger partial charge in [-0.15, -0.1) is 11.8 Å². The Bertz CT molecular complexity index is 733. The lowest BCUT2D eigenvalue weighted by molar-refractivity contribution is -0.147. The van der Waals surface area contributed by atoms with Crippen molar-refractivity contribution in [3.63, 3.8) is 0 Å². The number of esters is 1. The summed E-state index contributed by atoms with van der Waals surface area (Å²) in [5.41, 5.74) is 0. The molecule has 1 atom stereocenters. The van der Waals surface area contributed by atoms with Crippen LogP contribution in [0, 0.1) is 11.3 Å². The third kappa shape index (κ3) is 13.5. The first-order valence-corrected chi connectivity index (χ1v) is 14.5. The van der Waals surface area contributed by atoms with Crippen LogP contribution in [0.25, 0.3) is 0 Å². The summed E-state index contributed by atoms with van der Waals surface area (Å²) >= 11 is 8.40. The Hall–Kier alpha value is -1.37. The van der Waals surface area contributed by atoms with E-state index >= 15 is 0 Å². The first-order chi connectivity index (χ1) is 16.3. The molecule has 0 spiro atoms. The topological polar surface area (TPSA) is 87.5 Å². The number of hydrogen-bond donors (Lipinski definition) is 0. The summed E-state index contributed by atoms with van der Waals surface area (Å²) in [7, 11) is 0. The highest BCUT2D eigenvalue weighted by atomic mass is 32.2. The van der Waals surface area contributed by atoms with Gasteiger partial charge in [0, 0.05) is 18.6 Å². The summed E-state index contributed by atoms with van der Waals surface area (Å²) in [5, 5.41) is 9.60. The molecule has 0 N–H and O–H groups in total. The number of amides is 2. The molecule has 0 aromatic carbocycles. The van der Waals surface area contributed by atoms with Gasteiger partial charge in [0.2, 0.25) is 0 Å². The molecule has 0 aromatic heterocycles. The maximum atomic E-state index is 12.0. The van der Waals surface area contributed by atoms with Crippen LogP contribution < -0.4 is 0 Å². The van der Waals surface area contributed by atoms with Gasteiger partial charge in [-0.05, 0) is 25.5 Å². The maximum Gasteiger partial charge on any atom is 0.305 e. The highest BCUT2D eigenvalue weighted by molar-refractivity contribution is 8.47. The number of nitrogens with zero attached hydrogens (tertiary/aromatic N) is 2.